The molecule has 8 nitrogen and oxygen atoms in total. The van der Waals surface area contributed by atoms with E-state index >= 15 is 4.39 Å². The first-order chi connectivity index (χ1) is 22.7. The summed E-state index contributed by atoms with van der Waals surface area (Å²) in [6.45, 7) is 8.97. The normalized spacial score (nSPS) is 12.9. The van der Waals surface area contributed by atoms with Crippen molar-refractivity contribution in [3.8, 4) is 38.6 Å². The molecule has 0 fully saturated rings. The average molecular weight is 666 g/mol. The summed E-state index contributed by atoms with van der Waals surface area (Å²) in [5.41, 5.74) is 7.39. The maximum Gasteiger partial charge on any atom is 0.307 e. The number of rotatable bonds is 5. The number of fused-ring (bicyclic) bond motifs is 3. The smallest absolute Gasteiger partial charge is 0.307 e. The number of hydrogen-bond acceptors (Lipinski definition) is 7. The number of aliphatic hydroxyl groups is 1. The van der Waals surface area contributed by atoms with E-state index in [1.54, 1.807) is 27.7 Å². The molecule has 0 spiro atoms. The lowest BCUT2D eigenvalue weighted by molar-refractivity contribution is -0.136. The number of aliphatic carboxylic acids is 1. The van der Waals surface area contributed by atoms with E-state index in [1.807, 2.05) is 49.1 Å². The number of nitrogens with zero attached hydrogens (tertiary/aromatic N) is 3. The van der Waals surface area contributed by atoms with Crippen LogP contribution >= 0.6 is 11.3 Å². The molecule has 7 rings (SSSR count). The summed E-state index contributed by atoms with van der Waals surface area (Å²) in [5, 5.41) is 24.5. The van der Waals surface area contributed by atoms with Crippen LogP contribution in [0.2, 0.25) is 0 Å². The maximum absolute atomic E-state index is 15.4. The van der Waals surface area contributed by atoms with Crippen LogP contribution in [0.1, 0.15) is 54.2 Å². The third kappa shape index (κ3) is 6.46. The monoisotopic (exact) mass is 665 g/mol. The van der Waals surface area contributed by atoms with Gasteiger partial charge in [0.15, 0.2) is 17.3 Å². The van der Waals surface area contributed by atoms with Gasteiger partial charge in [-0.2, -0.15) is 5.10 Å². The molecular formula is C38H36FN3O5S. The number of aryl methyl sites for hydroxylation is 2. The molecule has 0 saturated carbocycles. The highest BCUT2D eigenvalue weighted by Gasteiger charge is 2.29. The molecule has 48 heavy (non-hydrogen) atoms. The highest BCUT2D eigenvalue weighted by atomic mass is 32.1. The van der Waals surface area contributed by atoms with Crippen molar-refractivity contribution in [2.75, 3.05) is 6.61 Å². The van der Waals surface area contributed by atoms with E-state index in [4.69, 9.17) is 14.8 Å². The molecule has 10 heteroatoms. The van der Waals surface area contributed by atoms with Crippen molar-refractivity contribution in [3.63, 3.8) is 0 Å². The predicted molar refractivity (Wildman–Crippen MR) is 187 cm³/mol. The Labute approximate surface area is 281 Å². The number of benzene rings is 4. The predicted octanol–water partition coefficient (Wildman–Crippen LogP) is 8.31. The summed E-state index contributed by atoms with van der Waals surface area (Å²) >= 11 is 1.43. The number of carbonyl (C=O) groups is 2. The zero-order chi connectivity index (χ0) is 34.5. The molecule has 1 aliphatic rings. The van der Waals surface area contributed by atoms with Crippen LogP contribution in [0.5, 0.6) is 5.75 Å². The summed E-state index contributed by atoms with van der Waals surface area (Å²) in [5.74, 6) is -1.85. The Kier molecular flexibility index (Phi) is 8.65. The number of ketones is 1. The third-order valence-corrected chi connectivity index (χ3v) is 9.28. The quantitative estimate of drug-likeness (QED) is 0.190. The second-order valence-corrected chi connectivity index (χ2v) is 14.0. The van der Waals surface area contributed by atoms with Crippen LogP contribution < -0.4 is 4.74 Å². The Morgan fingerprint density at radius 2 is 1.75 bits per heavy atom. The second kappa shape index (κ2) is 12.6. The fourth-order valence-electron chi connectivity index (χ4n) is 6.03. The van der Waals surface area contributed by atoms with Crippen LogP contribution in [-0.4, -0.2) is 48.9 Å². The Morgan fingerprint density at radius 3 is 2.48 bits per heavy atom. The molecule has 0 saturated heterocycles. The van der Waals surface area contributed by atoms with Gasteiger partial charge in [0.25, 0.3) is 0 Å². The van der Waals surface area contributed by atoms with Crippen molar-refractivity contribution in [1.29, 1.82) is 0 Å². The first-order valence-electron chi connectivity index (χ1n) is 15.6. The minimum Gasteiger partial charge on any atom is -0.489 e. The summed E-state index contributed by atoms with van der Waals surface area (Å²) in [6, 6.07) is 17.6. The third-order valence-electron chi connectivity index (χ3n) is 8.15. The van der Waals surface area contributed by atoms with E-state index in [0.29, 0.717) is 27.8 Å². The molecule has 0 aliphatic carbocycles. The molecule has 0 radical (unpaired) electrons. The van der Waals surface area contributed by atoms with Gasteiger partial charge in [-0.3, -0.25) is 14.3 Å². The molecule has 0 unspecified atom stereocenters. The number of carboxylic acid groups (broad SMARTS) is 1. The number of aromatic nitrogens is 3. The minimum absolute atomic E-state index is 0.0348. The Hall–Kier alpha value is -4.93. The number of carbonyl (C=O) groups excluding carboxylic acids is 1. The van der Waals surface area contributed by atoms with Crippen LogP contribution in [0.25, 0.3) is 53.9 Å². The lowest BCUT2D eigenvalue weighted by atomic mass is 9.87. The molecule has 1 aliphatic heterocycles. The molecule has 6 aromatic rings. The Balaban J connectivity index is 0.000000749. The average Bonchev–Trinajstić information content (AvgIpc) is 3.61. The molecule has 3 heterocycles. The molecule has 2 N–H and O–H groups in total. The number of halogens is 1. The molecule has 2 aromatic heterocycles. The lowest BCUT2D eigenvalue weighted by Crippen LogP contribution is -2.18. The molecule has 0 atom stereocenters. The number of carboxylic acids is 1. The molecule has 0 bridgehead atoms. The van der Waals surface area contributed by atoms with E-state index < -0.39 is 17.4 Å². The molecular weight excluding hydrogens is 629 g/mol. The van der Waals surface area contributed by atoms with Crippen LogP contribution in [0.3, 0.4) is 0 Å². The van der Waals surface area contributed by atoms with Crippen LogP contribution in [0.15, 0.2) is 60.8 Å². The van der Waals surface area contributed by atoms with Gasteiger partial charge in [-0.15, -0.1) is 11.3 Å². The van der Waals surface area contributed by atoms with Gasteiger partial charge < -0.3 is 14.9 Å². The van der Waals surface area contributed by atoms with Crippen molar-refractivity contribution in [1.82, 2.24) is 14.8 Å². The van der Waals surface area contributed by atoms with Gasteiger partial charge in [0.05, 0.1) is 46.1 Å². The van der Waals surface area contributed by atoms with E-state index in [2.05, 4.69) is 29.4 Å². The number of ether oxygens (including phenoxy) is 1. The summed E-state index contributed by atoms with van der Waals surface area (Å²) < 4.78 is 23.5. The summed E-state index contributed by atoms with van der Waals surface area (Å²) in [4.78, 5) is 29.9. The fourth-order valence-corrected chi connectivity index (χ4v) is 7.16. The van der Waals surface area contributed by atoms with Crippen LogP contribution in [-0.2, 0) is 18.3 Å². The van der Waals surface area contributed by atoms with E-state index in [0.717, 1.165) is 42.9 Å². The van der Waals surface area contributed by atoms with Gasteiger partial charge in [-0.05, 0) is 98.3 Å². The topological polar surface area (TPSA) is 115 Å². The van der Waals surface area contributed by atoms with Gasteiger partial charge in [0, 0.05) is 30.0 Å². The fraction of sp³-hybridized carbons (Fsp3) is 0.263. The Bertz CT molecular complexity index is 2240. The molecule has 4 aromatic carbocycles. The van der Waals surface area contributed by atoms with Gasteiger partial charge in [-0.1, -0.05) is 24.3 Å². The van der Waals surface area contributed by atoms with E-state index in [-0.39, 0.29) is 36.5 Å². The van der Waals surface area contributed by atoms with Crippen molar-refractivity contribution in [2.24, 2.45) is 7.05 Å². The Morgan fingerprint density at radius 1 is 1.04 bits per heavy atom. The summed E-state index contributed by atoms with van der Waals surface area (Å²) in [6.07, 6.45) is 1.76. The summed E-state index contributed by atoms with van der Waals surface area (Å²) in [7, 11) is 1.92. The van der Waals surface area contributed by atoms with Crippen molar-refractivity contribution < 1.29 is 28.9 Å². The number of hydrogen-bond donors (Lipinski definition) is 2. The van der Waals surface area contributed by atoms with Gasteiger partial charge in [0.2, 0.25) is 0 Å². The maximum atomic E-state index is 15.4. The minimum atomic E-state index is -0.998. The highest BCUT2D eigenvalue weighted by Crippen LogP contribution is 2.45. The molecule has 246 valence electrons. The molecule has 0 amide bonds. The zero-order valence-electron chi connectivity index (χ0n) is 27.6. The second-order valence-electron chi connectivity index (χ2n) is 13.0. The van der Waals surface area contributed by atoms with Gasteiger partial charge >= 0.3 is 5.97 Å². The zero-order valence-corrected chi connectivity index (χ0v) is 28.5. The standard InChI is InChI=1S/C34H26FN3O4S.C4H10O/c1-17-11-26-33(31(23(17)15-29(40)41)24-14-25(35)32-30(18(24)2)28(39)9-10-42-32)43-34(37-26)21-6-4-5-19(12-21)20-7-8-27-22(13-20)16-36-38(27)3;1-4(2,3)5/h4-8,11-14,16H,9-10,15H2,1-3H3,(H,40,41);5H,1-3H3. The van der Waals surface area contributed by atoms with Crippen molar-refractivity contribution in [3.05, 3.63) is 88.9 Å². The first-order valence-corrected chi connectivity index (χ1v) is 16.4. The lowest BCUT2D eigenvalue weighted by Gasteiger charge is -2.22. The van der Waals surface area contributed by atoms with Crippen LogP contribution in [0.4, 0.5) is 4.39 Å². The van der Waals surface area contributed by atoms with Crippen molar-refractivity contribution in [2.45, 2.75) is 53.1 Å². The van der Waals surface area contributed by atoms with Gasteiger partial charge in [0.1, 0.15) is 5.01 Å². The van der Waals surface area contributed by atoms with Crippen LogP contribution in [0, 0.1) is 19.7 Å². The van der Waals surface area contributed by atoms with E-state index in [1.165, 1.54) is 17.4 Å². The van der Waals surface area contributed by atoms with Crippen molar-refractivity contribution >= 4 is 44.2 Å². The highest BCUT2D eigenvalue weighted by molar-refractivity contribution is 7.22. The SMILES string of the molecule is CC(C)(C)O.Cc1cc2nc(-c3cccc(-c4ccc5c(cnn5C)c4)c3)sc2c(-c2cc(F)c3c(c2C)C(=O)CCO3)c1CC(=O)O. The largest absolute Gasteiger partial charge is 0.489 e. The van der Waals surface area contributed by atoms with E-state index in [9.17, 15) is 14.7 Å². The number of thiazole rings is 1. The van der Waals surface area contributed by atoms with Gasteiger partial charge in [-0.25, -0.2) is 9.37 Å². The number of Topliss-reactive ketones (excluding diaryl/α,β-unsaturated/α-hetero) is 1. The first kappa shape index (κ1) is 33.0.